The Balaban J connectivity index is 2.35. The maximum atomic E-state index is 8.86. The number of halogens is 1. The van der Waals surface area contributed by atoms with Crippen molar-refractivity contribution in [3.05, 3.63) is 28.8 Å². The van der Waals surface area contributed by atoms with Gasteiger partial charge in [-0.3, -0.25) is 0 Å². The van der Waals surface area contributed by atoms with Crippen LogP contribution in [0.15, 0.2) is 18.2 Å². The molecule has 0 spiro atoms. The molecule has 1 aromatic rings. The Morgan fingerprint density at radius 2 is 2.42 bits per heavy atom. The van der Waals surface area contributed by atoms with Crippen molar-refractivity contribution in [2.24, 2.45) is 0 Å². The lowest BCUT2D eigenvalue weighted by Gasteiger charge is -2.05. The molecule has 0 aromatic heterocycles. The average molecular weight is 185 g/mol. The Morgan fingerprint density at radius 3 is 3.08 bits per heavy atom. The lowest BCUT2D eigenvalue weighted by molar-refractivity contribution is 0.134. The maximum Gasteiger partial charge on any atom is 0.141 e. The van der Waals surface area contributed by atoms with E-state index in [1.807, 2.05) is 12.1 Å². The van der Waals surface area contributed by atoms with Gasteiger partial charge in [0.25, 0.3) is 0 Å². The molecule has 1 aliphatic rings. The molecule has 0 saturated heterocycles. The summed E-state index contributed by atoms with van der Waals surface area (Å²) in [7, 11) is 0. The molecule has 2 nitrogen and oxygen atoms in total. The molecule has 1 heterocycles. The van der Waals surface area contributed by atoms with Crippen molar-refractivity contribution in [2.45, 2.75) is 12.5 Å². The van der Waals surface area contributed by atoms with Crippen LogP contribution in [-0.2, 0) is 6.42 Å². The molecule has 0 fully saturated rings. The van der Waals surface area contributed by atoms with Gasteiger partial charge in [-0.15, -0.1) is 0 Å². The van der Waals surface area contributed by atoms with Gasteiger partial charge in [0.15, 0.2) is 0 Å². The van der Waals surface area contributed by atoms with Crippen LogP contribution in [0, 0.1) is 0 Å². The minimum Gasteiger partial charge on any atom is -0.486 e. The SMILES string of the molecule is OC[C@@H]1Cc2cccc(Cl)c2O1. The van der Waals surface area contributed by atoms with Crippen molar-refractivity contribution in [3.8, 4) is 5.75 Å². The second-order valence-electron chi connectivity index (χ2n) is 2.85. The summed E-state index contributed by atoms with van der Waals surface area (Å²) in [5.74, 6) is 0.734. The number of para-hydroxylation sites is 1. The van der Waals surface area contributed by atoms with Crippen molar-refractivity contribution in [2.75, 3.05) is 6.61 Å². The Labute approximate surface area is 75.7 Å². The van der Waals surface area contributed by atoms with Gasteiger partial charge in [0.05, 0.1) is 11.6 Å². The first-order chi connectivity index (χ1) is 5.81. The van der Waals surface area contributed by atoms with E-state index in [1.54, 1.807) is 6.07 Å². The van der Waals surface area contributed by atoms with Crippen LogP contribution in [0.1, 0.15) is 5.56 Å². The van der Waals surface area contributed by atoms with E-state index in [4.69, 9.17) is 21.4 Å². The number of fused-ring (bicyclic) bond motifs is 1. The third-order valence-electron chi connectivity index (χ3n) is 1.98. The number of aliphatic hydroxyl groups is 1. The highest BCUT2D eigenvalue weighted by atomic mass is 35.5. The lowest BCUT2D eigenvalue weighted by Crippen LogP contribution is -2.17. The number of benzene rings is 1. The predicted octanol–water partition coefficient (Wildman–Crippen LogP) is 1.64. The summed E-state index contributed by atoms with van der Waals surface area (Å²) >= 11 is 5.89. The summed E-state index contributed by atoms with van der Waals surface area (Å²) in [6.07, 6.45) is 0.645. The Kier molecular flexibility index (Phi) is 1.95. The standard InChI is InChI=1S/C9H9ClO2/c10-8-3-1-2-6-4-7(5-11)12-9(6)8/h1-3,7,11H,4-5H2/t7-/m0/s1. The van der Waals surface area contributed by atoms with Gasteiger partial charge >= 0.3 is 0 Å². The topological polar surface area (TPSA) is 29.5 Å². The molecule has 1 aromatic carbocycles. The molecule has 12 heavy (non-hydrogen) atoms. The molecular weight excluding hydrogens is 176 g/mol. The molecule has 1 aliphatic heterocycles. The fraction of sp³-hybridized carbons (Fsp3) is 0.333. The molecule has 3 heteroatoms. The van der Waals surface area contributed by atoms with Gasteiger partial charge < -0.3 is 9.84 Å². The molecule has 64 valence electrons. The summed E-state index contributed by atoms with van der Waals surface area (Å²) < 4.78 is 5.40. The highest BCUT2D eigenvalue weighted by molar-refractivity contribution is 6.32. The zero-order valence-corrected chi connectivity index (χ0v) is 7.21. The third kappa shape index (κ3) is 1.17. The van der Waals surface area contributed by atoms with Crippen molar-refractivity contribution in [1.82, 2.24) is 0 Å². The van der Waals surface area contributed by atoms with Crippen molar-refractivity contribution >= 4 is 11.6 Å². The normalized spacial score (nSPS) is 20.3. The van der Waals surface area contributed by atoms with E-state index in [1.165, 1.54) is 0 Å². The number of hydrogen-bond acceptors (Lipinski definition) is 2. The highest BCUT2D eigenvalue weighted by Crippen LogP contribution is 2.35. The summed E-state index contributed by atoms with van der Waals surface area (Å²) in [4.78, 5) is 0. The lowest BCUT2D eigenvalue weighted by atomic mass is 10.1. The summed E-state index contributed by atoms with van der Waals surface area (Å²) in [5.41, 5.74) is 1.08. The molecule has 2 rings (SSSR count). The number of hydrogen-bond donors (Lipinski definition) is 1. The van der Waals surface area contributed by atoms with E-state index in [9.17, 15) is 0 Å². The van der Waals surface area contributed by atoms with Crippen LogP contribution in [0.5, 0.6) is 5.75 Å². The van der Waals surface area contributed by atoms with Crippen molar-refractivity contribution < 1.29 is 9.84 Å². The first-order valence-electron chi connectivity index (χ1n) is 3.86. The summed E-state index contributed by atoms with van der Waals surface area (Å²) in [6, 6.07) is 5.65. The minimum absolute atomic E-state index is 0.0466. The van der Waals surface area contributed by atoms with Crippen molar-refractivity contribution in [3.63, 3.8) is 0 Å². The van der Waals surface area contributed by atoms with Crippen LogP contribution in [0.4, 0.5) is 0 Å². The average Bonchev–Trinajstić information content (AvgIpc) is 2.49. The van der Waals surface area contributed by atoms with Crippen LogP contribution in [0.3, 0.4) is 0 Å². The van der Waals surface area contributed by atoms with Crippen LogP contribution in [0.2, 0.25) is 5.02 Å². The van der Waals surface area contributed by atoms with E-state index in [-0.39, 0.29) is 12.7 Å². The molecule has 0 unspecified atom stereocenters. The Bertz CT molecular complexity index is 299. The second kappa shape index (κ2) is 2.96. The number of rotatable bonds is 1. The van der Waals surface area contributed by atoms with Gasteiger partial charge in [-0.25, -0.2) is 0 Å². The Morgan fingerprint density at radius 1 is 1.58 bits per heavy atom. The quantitative estimate of drug-likeness (QED) is 0.719. The van der Waals surface area contributed by atoms with Gasteiger partial charge in [0.2, 0.25) is 0 Å². The monoisotopic (exact) mass is 184 g/mol. The molecule has 0 amide bonds. The maximum absolute atomic E-state index is 8.86. The molecule has 0 aliphatic carbocycles. The summed E-state index contributed by atoms with van der Waals surface area (Å²) in [6.45, 7) is 0.0466. The molecular formula is C9H9ClO2. The number of ether oxygens (including phenoxy) is 1. The van der Waals surface area contributed by atoms with E-state index in [0.717, 1.165) is 17.7 Å². The largest absolute Gasteiger partial charge is 0.486 e. The first-order valence-corrected chi connectivity index (χ1v) is 4.24. The van der Waals surface area contributed by atoms with Gasteiger partial charge in [-0.2, -0.15) is 0 Å². The van der Waals surface area contributed by atoms with Crippen LogP contribution < -0.4 is 4.74 Å². The smallest absolute Gasteiger partial charge is 0.141 e. The fourth-order valence-electron chi connectivity index (χ4n) is 1.40. The molecule has 1 atom stereocenters. The number of aliphatic hydroxyl groups excluding tert-OH is 1. The second-order valence-corrected chi connectivity index (χ2v) is 3.26. The fourth-order valence-corrected chi connectivity index (χ4v) is 1.64. The van der Waals surface area contributed by atoms with E-state index < -0.39 is 0 Å². The van der Waals surface area contributed by atoms with E-state index >= 15 is 0 Å². The van der Waals surface area contributed by atoms with E-state index in [0.29, 0.717) is 5.02 Å². The predicted molar refractivity (Wildman–Crippen MR) is 46.7 cm³/mol. The molecule has 0 bridgehead atoms. The van der Waals surface area contributed by atoms with Gasteiger partial charge in [0.1, 0.15) is 11.9 Å². The van der Waals surface area contributed by atoms with Gasteiger partial charge in [-0.1, -0.05) is 23.7 Å². The minimum atomic E-state index is -0.111. The molecule has 0 saturated carbocycles. The van der Waals surface area contributed by atoms with Crippen molar-refractivity contribution in [1.29, 1.82) is 0 Å². The van der Waals surface area contributed by atoms with Crippen LogP contribution >= 0.6 is 11.6 Å². The van der Waals surface area contributed by atoms with Gasteiger partial charge in [-0.05, 0) is 11.6 Å². The molecule has 0 radical (unpaired) electrons. The molecule has 1 N–H and O–H groups in total. The summed E-state index contributed by atoms with van der Waals surface area (Å²) in [5, 5.41) is 9.49. The highest BCUT2D eigenvalue weighted by Gasteiger charge is 2.23. The van der Waals surface area contributed by atoms with Gasteiger partial charge in [0, 0.05) is 6.42 Å². The zero-order chi connectivity index (χ0) is 8.55. The first kappa shape index (κ1) is 7.90. The Hall–Kier alpha value is -0.730. The third-order valence-corrected chi connectivity index (χ3v) is 2.28. The zero-order valence-electron chi connectivity index (χ0n) is 6.46. The van der Waals surface area contributed by atoms with Crippen LogP contribution in [-0.4, -0.2) is 17.8 Å². The van der Waals surface area contributed by atoms with E-state index in [2.05, 4.69) is 0 Å². The van der Waals surface area contributed by atoms with Crippen LogP contribution in [0.25, 0.3) is 0 Å².